The Balaban J connectivity index is 2.10. The van der Waals surface area contributed by atoms with Crippen LogP contribution in [0.3, 0.4) is 0 Å². The minimum Gasteiger partial charge on any atom is -0.508 e. The zero-order valence-corrected chi connectivity index (χ0v) is 9.68. The maximum atomic E-state index is 11.1. The first-order valence-electron chi connectivity index (χ1n) is 5.82. The summed E-state index contributed by atoms with van der Waals surface area (Å²) in [6, 6.07) is 5.27. The van der Waals surface area contributed by atoms with Gasteiger partial charge in [0.05, 0.1) is 5.92 Å². The van der Waals surface area contributed by atoms with Gasteiger partial charge in [0.15, 0.2) is 0 Å². The minimum absolute atomic E-state index is 0.217. The van der Waals surface area contributed by atoms with Crippen LogP contribution in [0.25, 0.3) is 0 Å². The van der Waals surface area contributed by atoms with Crippen molar-refractivity contribution in [3.8, 4) is 5.75 Å². The fourth-order valence-corrected chi connectivity index (χ4v) is 3.08. The van der Waals surface area contributed by atoms with Gasteiger partial charge in [0.1, 0.15) is 5.75 Å². The molecule has 3 rings (SSSR count). The van der Waals surface area contributed by atoms with Gasteiger partial charge >= 0.3 is 5.97 Å². The van der Waals surface area contributed by atoms with Crippen molar-refractivity contribution in [3.05, 3.63) is 23.8 Å². The number of aliphatic carboxylic acids is 1. The second-order valence-electron chi connectivity index (χ2n) is 5.12. The van der Waals surface area contributed by atoms with Gasteiger partial charge < -0.3 is 15.1 Å². The van der Waals surface area contributed by atoms with Crippen molar-refractivity contribution in [1.82, 2.24) is 0 Å². The molecule has 1 aromatic rings. The zero-order chi connectivity index (χ0) is 12.2. The van der Waals surface area contributed by atoms with Crippen LogP contribution in [0.1, 0.15) is 18.4 Å². The quantitative estimate of drug-likeness (QED) is 0.773. The lowest BCUT2D eigenvalue weighted by molar-refractivity contribution is -0.139. The van der Waals surface area contributed by atoms with Gasteiger partial charge in [-0.2, -0.15) is 0 Å². The molecule has 0 saturated heterocycles. The predicted molar refractivity (Wildman–Crippen MR) is 63.4 cm³/mol. The lowest BCUT2D eigenvalue weighted by Crippen LogP contribution is -2.32. The van der Waals surface area contributed by atoms with E-state index in [1.807, 2.05) is 13.1 Å². The third-order valence-electron chi connectivity index (χ3n) is 4.19. The maximum absolute atomic E-state index is 11.1. The highest BCUT2D eigenvalue weighted by atomic mass is 16.4. The molecular weight excluding hydrogens is 218 g/mol. The predicted octanol–water partition coefficient (Wildman–Crippen LogP) is 1.57. The molecule has 1 spiro atoms. The van der Waals surface area contributed by atoms with Crippen LogP contribution in [0.5, 0.6) is 5.75 Å². The summed E-state index contributed by atoms with van der Waals surface area (Å²) in [4.78, 5) is 13.3. The van der Waals surface area contributed by atoms with Gasteiger partial charge in [-0.1, -0.05) is 0 Å². The molecule has 2 aliphatic rings. The van der Waals surface area contributed by atoms with E-state index in [4.69, 9.17) is 5.11 Å². The van der Waals surface area contributed by atoms with Crippen molar-refractivity contribution >= 4 is 11.7 Å². The summed E-state index contributed by atoms with van der Waals surface area (Å²) in [5.41, 5.74) is 1.82. The lowest BCUT2D eigenvalue weighted by Gasteiger charge is -2.34. The van der Waals surface area contributed by atoms with Gasteiger partial charge in [-0.15, -0.1) is 0 Å². The number of anilines is 1. The first kappa shape index (κ1) is 10.4. The second kappa shape index (κ2) is 3.15. The van der Waals surface area contributed by atoms with E-state index in [0.29, 0.717) is 6.42 Å². The number of carboxylic acid groups (broad SMARTS) is 1. The van der Waals surface area contributed by atoms with Crippen molar-refractivity contribution in [2.75, 3.05) is 18.5 Å². The smallest absolute Gasteiger partial charge is 0.307 e. The van der Waals surface area contributed by atoms with Crippen LogP contribution < -0.4 is 4.90 Å². The molecule has 0 amide bonds. The number of phenols is 1. The molecule has 0 aromatic heterocycles. The van der Waals surface area contributed by atoms with Crippen molar-refractivity contribution in [2.24, 2.45) is 5.92 Å². The Morgan fingerprint density at radius 3 is 2.94 bits per heavy atom. The second-order valence-corrected chi connectivity index (χ2v) is 5.12. The van der Waals surface area contributed by atoms with Crippen LogP contribution >= 0.6 is 0 Å². The van der Waals surface area contributed by atoms with Crippen LogP contribution in [-0.2, 0) is 10.2 Å². The molecule has 1 saturated carbocycles. The van der Waals surface area contributed by atoms with Gasteiger partial charge in [0.25, 0.3) is 0 Å². The van der Waals surface area contributed by atoms with Gasteiger partial charge in [-0.25, -0.2) is 0 Å². The van der Waals surface area contributed by atoms with E-state index in [1.165, 1.54) is 0 Å². The molecular formula is C13H15NO3. The van der Waals surface area contributed by atoms with Crippen LogP contribution in [0, 0.1) is 5.92 Å². The third-order valence-corrected chi connectivity index (χ3v) is 4.19. The summed E-state index contributed by atoms with van der Waals surface area (Å²) in [5.74, 6) is -0.782. The van der Waals surface area contributed by atoms with Crippen molar-refractivity contribution in [3.63, 3.8) is 0 Å². The normalized spacial score (nSPS) is 30.2. The summed E-state index contributed by atoms with van der Waals surface area (Å²) in [6.45, 7) is 0.877. The molecule has 1 aliphatic heterocycles. The molecule has 2 unspecified atom stereocenters. The van der Waals surface area contributed by atoms with Crippen molar-refractivity contribution < 1.29 is 15.0 Å². The van der Waals surface area contributed by atoms with Crippen molar-refractivity contribution in [2.45, 2.75) is 18.3 Å². The van der Waals surface area contributed by atoms with Crippen LogP contribution in [0.15, 0.2) is 18.2 Å². The lowest BCUT2D eigenvalue weighted by atomic mass is 9.84. The fraction of sp³-hybridized carbons (Fsp3) is 0.462. The Bertz CT molecular complexity index is 499. The Kier molecular flexibility index (Phi) is 1.94. The number of hydrogen-bond donors (Lipinski definition) is 2. The third kappa shape index (κ3) is 1.33. The average Bonchev–Trinajstić information content (AvgIpc) is 3.00. The first-order valence-corrected chi connectivity index (χ1v) is 5.82. The molecule has 2 N–H and O–H groups in total. The number of fused-ring (bicyclic) bond motifs is 2. The number of rotatable bonds is 1. The van der Waals surface area contributed by atoms with E-state index >= 15 is 0 Å². The Morgan fingerprint density at radius 2 is 2.29 bits per heavy atom. The van der Waals surface area contributed by atoms with Gasteiger partial charge in [0.2, 0.25) is 0 Å². The van der Waals surface area contributed by atoms with E-state index in [-0.39, 0.29) is 17.1 Å². The highest BCUT2D eigenvalue weighted by Gasteiger charge is 2.61. The van der Waals surface area contributed by atoms with E-state index < -0.39 is 5.97 Å². The number of carboxylic acids is 1. The largest absolute Gasteiger partial charge is 0.508 e. The van der Waals surface area contributed by atoms with E-state index in [9.17, 15) is 9.90 Å². The summed E-state index contributed by atoms with van der Waals surface area (Å²) in [7, 11) is 2.00. The molecule has 1 aliphatic carbocycles. The topological polar surface area (TPSA) is 60.8 Å². The minimum atomic E-state index is -0.719. The molecule has 4 heteroatoms. The molecule has 1 fully saturated rings. The van der Waals surface area contributed by atoms with E-state index in [0.717, 1.165) is 24.2 Å². The van der Waals surface area contributed by atoms with Gasteiger partial charge in [-0.3, -0.25) is 4.79 Å². The number of phenolic OH excluding ortho intramolecular Hbond substituents is 1. The SMILES string of the molecule is CN1CCC2(CC2C(=O)O)c2cc(O)ccc21. The molecule has 1 aromatic carbocycles. The summed E-state index contributed by atoms with van der Waals surface area (Å²) >= 11 is 0. The number of aromatic hydroxyl groups is 1. The van der Waals surface area contributed by atoms with Gasteiger partial charge in [0, 0.05) is 24.7 Å². The zero-order valence-electron chi connectivity index (χ0n) is 9.68. The highest BCUT2D eigenvalue weighted by molar-refractivity contribution is 5.79. The molecule has 1 heterocycles. The summed E-state index contributed by atoms with van der Waals surface area (Å²) in [5, 5.41) is 18.7. The van der Waals surface area contributed by atoms with Crippen LogP contribution in [0.4, 0.5) is 5.69 Å². The van der Waals surface area contributed by atoms with Crippen LogP contribution in [-0.4, -0.2) is 29.8 Å². The fourth-order valence-electron chi connectivity index (χ4n) is 3.08. The maximum Gasteiger partial charge on any atom is 0.307 e. The molecule has 0 bridgehead atoms. The molecule has 4 nitrogen and oxygen atoms in total. The Hall–Kier alpha value is -1.71. The monoisotopic (exact) mass is 233 g/mol. The standard InChI is InChI=1S/C13H15NO3/c1-14-5-4-13(7-10(13)12(16)17)9-6-8(15)2-3-11(9)14/h2-3,6,10,15H,4-5,7H2,1H3,(H,16,17). The molecule has 90 valence electrons. The Labute approximate surface area is 99.5 Å². The number of benzene rings is 1. The molecule has 17 heavy (non-hydrogen) atoms. The highest BCUT2D eigenvalue weighted by Crippen LogP contribution is 2.61. The number of carbonyl (C=O) groups is 1. The van der Waals surface area contributed by atoms with Crippen LogP contribution in [0.2, 0.25) is 0 Å². The van der Waals surface area contributed by atoms with Gasteiger partial charge in [-0.05, 0) is 36.6 Å². The van der Waals surface area contributed by atoms with E-state index in [2.05, 4.69) is 4.90 Å². The van der Waals surface area contributed by atoms with Crippen molar-refractivity contribution in [1.29, 1.82) is 0 Å². The molecule has 2 atom stereocenters. The van der Waals surface area contributed by atoms with E-state index in [1.54, 1.807) is 12.1 Å². The first-order chi connectivity index (χ1) is 8.04. The summed E-state index contributed by atoms with van der Waals surface area (Å²) < 4.78 is 0. The average molecular weight is 233 g/mol. The number of hydrogen-bond acceptors (Lipinski definition) is 3. The summed E-state index contributed by atoms with van der Waals surface area (Å²) in [6.07, 6.45) is 1.56. The Morgan fingerprint density at radius 1 is 1.53 bits per heavy atom. The number of nitrogens with zero attached hydrogens (tertiary/aromatic N) is 1. The molecule has 0 radical (unpaired) electrons.